The first-order chi connectivity index (χ1) is 8.11. The van der Waals surface area contributed by atoms with Gasteiger partial charge in [0.2, 0.25) is 0 Å². The second kappa shape index (κ2) is 6.97. The number of carbonyl (C=O) groups is 1. The van der Waals surface area contributed by atoms with Crippen LogP contribution in [0.3, 0.4) is 0 Å². The average molecular weight is 275 g/mol. The molecule has 0 fully saturated rings. The summed E-state index contributed by atoms with van der Waals surface area (Å²) in [6.45, 7) is 0.160. The lowest BCUT2D eigenvalue weighted by molar-refractivity contribution is -0.388. The van der Waals surface area contributed by atoms with Crippen LogP contribution in [0.25, 0.3) is 0 Å². The van der Waals surface area contributed by atoms with E-state index in [0.717, 1.165) is 10.8 Å². The Morgan fingerprint density at radius 3 is 3.06 bits per heavy atom. The Balaban J connectivity index is 2.41. The van der Waals surface area contributed by atoms with E-state index in [0.29, 0.717) is 10.8 Å². The quantitative estimate of drug-likeness (QED) is 0.365. The Morgan fingerprint density at radius 2 is 2.41 bits per heavy atom. The Kier molecular flexibility index (Phi) is 5.57. The second-order valence-corrected chi connectivity index (χ2v) is 5.06. The lowest BCUT2D eigenvalue weighted by atomic mass is 10.4. The Labute approximate surface area is 105 Å². The van der Waals surface area contributed by atoms with Crippen molar-refractivity contribution < 1.29 is 14.5 Å². The fourth-order valence-corrected chi connectivity index (χ4v) is 2.71. The minimum absolute atomic E-state index is 0.0409. The number of carbonyl (C=O) groups excluding carboxylic acids is 1. The summed E-state index contributed by atoms with van der Waals surface area (Å²) >= 11 is 0. The Bertz CT molecular complexity index is 416. The molecule has 1 amide bonds. The molecule has 7 nitrogen and oxygen atoms in total. The third kappa shape index (κ3) is 4.91. The standard InChI is InChI=1S/C8H9N3O4S2/c9-8(12)15-4-5-16-17-7-6(11(13)14)2-1-3-10-7/h1-3H,4-5H2,(H2,9,12). The molecule has 0 radical (unpaired) electrons. The smallest absolute Gasteiger partial charge is 0.404 e. The van der Waals surface area contributed by atoms with Gasteiger partial charge in [0, 0.05) is 18.0 Å². The summed E-state index contributed by atoms with van der Waals surface area (Å²) in [6.07, 6.45) is 0.648. The third-order valence-corrected chi connectivity index (χ3v) is 3.75. The highest BCUT2D eigenvalue weighted by Crippen LogP contribution is 2.34. The van der Waals surface area contributed by atoms with Crippen molar-refractivity contribution >= 4 is 33.4 Å². The maximum absolute atomic E-state index is 10.7. The molecule has 9 heteroatoms. The van der Waals surface area contributed by atoms with Gasteiger partial charge in [-0.2, -0.15) is 0 Å². The predicted molar refractivity (Wildman–Crippen MR) is 64.7 cm³/mol. The van der Waals surface area contributed by atoms with Crippen molar-refractivity contribution in [3.05, 3.63) is 28.4 Å². The first-order valence-corrected chi connectivity index (χ1v) is 6.74. The van der Waals surface area contributed by atoms with E-state index in [1.54, 1.807) is 0 Å². The fraction of sp³-hybridized carbons (Fsp3) is 0.250. The Morgan fingerprint density at radius 1 is 1.65 bits per heavy atom. The van der Waals surface area contributed by atoms with Gasteiger partial charge in [-0.05, 0) is 16.9 Å². The van der Waals surface area contributed by atoms with Crippen molar-refractivity contribution in [2.75, 3.05) is 12.4 Å². The van der Waals surface area contributed by atoms with Crippen LogP contribution in [0, 0.1) is 10.1 Å². The van der Waals surface area contributed by atoms with E-state index in [4.69, 9.17) is 5.73 Å². The fourth-order valence-electron chi connectivity index (χ4n) is 0.859. The molecule has 0 atom stereocenters. The molecule has 0 saturated carbocycles. The number of ether oxygens (including phenoxy) is 1. The van der Waals surface area contributed by atoms with Gasteiger partial charge in [0.25, 0.3) is 0 Å². The van der Waals surface area contributed by atoms with Crippen LogP contribution in [0.5, 0.6) is 0 Å². The van der Waals surface area contributed by atoms with E-state index in [-0.39, 0.29) is 12.3 Å². The zero-order chi connectivity index (χ0) is 12.7. The first kappa shape index (κ1) is 13.6. The van der Waals surface area contributed by atoms with Crippen molar-refractivity contribution in [3.63, 3.8) is 0 Å². The summed E-state index contributed by atoms with van der Waals surface area (Å²) in [7, 11) is 2.46. The minimum atomic E-state index is -0.834. The highest BCUT2D eigenvalue weighted by atomic mass is 33.1. The number of primary amides is 1. The molecule has 0 aliphatic carbocycles. The summed E-state index contributed by atoms with van der Waals surface area (Å²) in [6, 6.07) is 2.89. The molecule has 0 bridgehead atoms. The summed E-state index contributed by atoms with van der Waals surface area (Å²) in [5, 5.41) is 11.0. The van der Waals surface area contributed by atoms with E-state index >= 15 is 0 Å². The number of hydrogen-bond donors (Lipinski definition) is 1. The number of hydrogen-bond acceptors (Lipinski definition) is 7. The molecule has 17 heavy (non-hydrogen) atoms. The van der Waals surface area contributed by atoms with Crippen LogP contribution in [0.15, 0.2) is 23.4 Å². The highest BCUT2D eigenvalue weighted by Gasteiger charge is 2.14. The van der Waals surface area contributed by atoms with Crippen molar-refractivity contribution in [2.24, 2.45) is 5.73 Å². The van der Waals surface area contributed by atoms with Gasteiger partial charge in [-0.25, -0.2) is 9.78 Å². The summed E-state index contributed by atoms with van der Waals surface area (Å²) in [5.74, 6) is 0.474. The van der Waals surface area contributed by atoms with Crippen LogP contribution in [-0.2, 0) is 4.74 Å². The van der Waals surface area contributed by atoms with Crippen molar-refractivity contribution in [1.82, 2.24) is 4.98 Å². The molecule has 2 N–H and O–H groups in total. The molecular formula is C8H9N3O4S2. The molecule has 92 valence electrons. The van der Waals surface area contributed by atoms with Crippen molar-refractivity contribution in [1.29, 1.82) is 0 Å². The number of nitrogens with zero attached hydrogens (tertiary/aromatic N) is 2. The monoisotopic (exact) mass is 275 g/mol. The van der Waals surface area contributed by atoms with E-state index in [9.17, 15) is 14.9 Å². The van der Waals surface area contributed by atoms with Crippen LogP contribution in [0.2, 0.25) is 0 Å². The van der Waals surface area contributed by atoms with Crippen molar-refractivity contribution in [2.45, 2.75) is 5.03 Å². The van der Waals surface area contributed by atoms with Crippen molar-refractivity contribution in [3.8, 4) is 0 Å². The van der Waals surface area contributed by atoms with Gasteiger partial charge in [0.05, 0.1) is 4.92 Å². The number of rotatable bonds is 6. The van der Waals surface area contributed by atoms with Crippen LogP contribution in [-0.4, -0.2) is 28.4 Å². The molecule has 1 aromatic heterocycles. The van der Waals surface area contributed by atoms with Gasteiger partial charge in [0.1, 0.15) is 6.61 Å². The molecule has 0 aliphatic rings. The molecule has 0 aromatic carbocycles. The number of nitro groups is 1. The predicted octanol–water partition coefficient (Wildman–Crippen LogP) is 1.83. The van der Waals surface area contributed by atoms with Gasteiger partial charge >= 0.3 is 11.8 Å². The second-order valence-electron chi connectivity index (χ2n) is 2.66. The normalized spacial score (nSPS) is 9.88. The first-order valence-electron chi connectivity index (χ1n) is 4.42. The lowest BCUT2D eigenvalue weighted by Crippen LogP contribution is -2.14. The Hall–Kier alpha value is -1.48. The van der Waals surface area contributed by atoms with Gasteiger partial charge in [-0.15, -0.1) is 0 Å². The summed E-state index contributed by atoms with van der Waals surface area (Å²) in [4.78, 5) is 24.3. The molecule has 0 saturated heterocycles. The van der Waals surface area contributed by atoms with E-state index in [2.05, 4.69) is 9.72 Å². The molecule has 1 rings (SSSR count). The largest absolute Gasteiger partial charge is 0.449 e. The maximum atomic E-state index is 10.7. The summed E-state index contributed by atoms with van der Waals surface area (Å²) < 4.78 is 4.51. The number of nitrogens with two attached hydrogens (primary N) is 1. The van der Waals surface area contributed by atoms with Gasteiger partial charge < -0.3 is 10.5 Å². The number of amides is 1. The van der Waals surface area contributed by atoms with Crippen LogP contribution in [0.1, 0.15) is 0 Å². The van der Waals surface area contributed by atoms with Crippen LogP contribution < -0.4 is 5.73 Å². The van der Waals surface area contributed by atoms with Gasteiger partial charge in [-0.1, -0.05) is 10.8 Å². The molecule has 1 heterocycles. The zero-order valence-electron chi connectivity index (χ0n) is 8.57. The molecular weight excluding hydrogens is 266 g/mol. The number of aromatic nitrogens is 1. The number of pyridine rings is 1. The van der Waals surface area contributed by atoms with E-state index in [1.165, 1.54) is 29.1 Å². The third-order valence-electron chi connectivity index (χ3n) is 1.50. The SMILES string of the molecule is NC(=O)OCCSSc1ncccc1[N+](=O)[O-]. The maximum Gasteiger partial charge on any atom is 0.404 e. The van der Waals surface area contributed by atoms with Gasteiger partial charge in [-0.3, -0.25) is 10.1 Å². The van der Waals surface area contributed by atoms with Gasteiger partial charge in [0.15, 0.2) is 5.03 Å². The average Bonchev–Trinajstić information content (AvgIpc) is 2.28. The van der Waals surface area contributed by atoms with Crippen LogP contribution >= 0.6 is 21.6 Å². The molecule has 1 aromatic rings. The molecule has 0 unspecified atom stereocenters. The lowest BCUT2D eigenvalue weighted by Gasteiger charge is -2.01. The highest BCUT2D eigenvalue weighted by molar-refractivity contribution is 8.76. The molecule has 0 aliphatic heterocycles. The molecule has 0 spiro atoms. The van der Waals surface area contributed by atoms with E-state index < -0.39 is 11.0 Å². The topological polar surface area (TPSA) is 108 Å². The van der Waals surface area contributed by atoms with Crippen LogP contribution in [0.4, 0.5) is 10.5 Å². The zero-order valence-corrected chi connectivity index (χ0v) is 10.2. The van der Waals surface area contributed by atoms with E-state index in [1.807, 2.05) is 0 Å². The minimum Gasteiger partial charge on any atom is -0.449 e. The summed E-state index contributed by atoms with van der Waals surface area (Å²) in [5.41, 5.74) is 4.73.